The van der Waals surface area contributed by atoms with E-state index in [4.69, 9.17) is 0 Å². The average Bonchev–Trinajstić information content (AvgIpc) is 2.46. The smallest absolute Gasteiger partial charge is 0.234 e. The van der Waals surface area contributed by atoms with Crippen LogP contribution >= 0.6 is 0 Å². The molecule has 1 atom stereocenters. The predicted molar refractivity (Wildman–Crippen MR) is 81.8 cm³/mol. The summed E-state index contributed by atoms with van der Waals surface area (Å²) in [5.74, 6) is -0.0447. The summed E-state index contributed by atoms with van der Waals surface area (Å²) in [5.41, 5.74) is 2.33. The van der Waals surface area contributed by atoms with Crippen molar-refractivity contribution >= 4 is 11.8 Å². The van der Waals surface area contributed by atoms with Crippen LogP contribution in [0.4, 0.5) is 0 Å². The Bertz CT molecular complexity index is 499. The van der Waals surface area contributed by atoms with Crippen LogP contribution in [0, 0.1) is 6.92 Å². The predicted octanol–water partition coefficient (Wildman–Crippen LogP) is 0.994. The second-order valence-corrected chi connectivity index (χ2v) is 5.50. The molecule has 1 heterocycles. The van der Waals surface area contributed by atoms with Crippen molar-refractivity contribution in [1.82, 2.24) is 15.5 Å². The number of nitrogens with zero attached hydrogens (tertiary/aromatic N) is 1. The standard InChI is InChI=1S/C16H23N3O2/c1-3-14(13-6-4-12(2)5-7-13)18-16(21)11-19-9-8-17-15(20)10-19/h4-7,14H,3,8-11H2,1-2H3,(H,17,20)(H,18,21)/t14-/m1/s1. The second kappa shape index (κ2) is 7.22. The molecule has 1 saturated heterocycles. The molecule has 0 aliphatic carbocycles. The topological polar surface area (TPSA) is 61.4 Å². The van der Waals surface area contributed by atoms with Crippen LogP contribution in [0.5, 0.6) is 0 Å². The fourth-order valence-electron chi connectivity index (χ4n) is 2.49. The van der Waals surface area contributed by atoms with Gasteiger partial charge in [-0.25, -0.2) is 0 Å². The van der Waals surface area contributed by atoms with Gasteiger partial charge in [0, 0.05) is 13.1 Å². The Morgan fingerprint density at radius 1 is 1.38 bits per heavy atom. The number of hydrogen-bond acceptors (Lipinski definition) is 3. The van der Waals surface area contributed by atoms with Gasteiger partial charge in [-0.1, -0.05) is 36.8 Å². The maximum atomic E-state index is 12.1. The third kappa shape index (κ3) is 4.56. The van der Waals surface area contributed by atoms with Crippen LogP contribution in [0.1, 0.15) is 30.5 Å². The third-order valence-corrected chi connectivity index (χ3v) is 3.71. The van der Waals surface area contributed by atoms with Gasteiger partial charge in [0.25, 0.3) is 0 Å². The number of aryl methyl sites for hydroxylation is 1. The van der Waals surface area contributed by atoms with Crippen LogP contribution in [0.2, 0.25) is 0 Å². The molecule has 1 aliphatic rings. The summed E-state index contributed by atoms with van der Waals surface area (Å²) in [7, 11) is 0. The fourth-order valence-corrected chi connectivity index (χ4v) is 2.49. The normalized spacial score (nSPS) is 17.1. The Morgan fingerprint density at radius 3 is 2.71 bits per heavy atom. The zero-order chi connectivity index (χ0) is 15.2. The van der Waals surface area contributed by atoms with Crippen molar-refractivity contribution in [3.63, 3.8) is 0 Å². The molecule has 0 aromatic heterocycles. The Morgan fingerprint density at radius 2 is 2.10 bits per heavy atom. The second-order valence-electron chi connectivity index (χ2n) is 5.50. The molecule has 5 heteroatoms. The van der Waals surface area contributed by atoms with E-state index in [0.29, 0.717) is 13.1 Å². The molecule has 21 heavy (non-hydrogen) atoms. The fraction of sp³-hybridized carbons (Fsp3) is 0.500. The molecule has 114 valence electrons. The van der Waals surface area contributed by atoms with E-state index in [0.717, 1.165) is 18.5 Å². The summed E-state index contributed by atoms with van der Waals surface area (Å²) in [5, 5.41) is 5.81. The number of hydrogen-bond donors (Lipinski definition) is 2. The van der Waals surface area contributed by atoms with Crippen molar-refractivity contribution in [2.24, 2.45) is 0 Å². The Balaban J connectivity index is 1.90. The van der Waals surface area contributed by atoms with Gasteiger partial charge in [-0.2, -0.15) is 0 Å². The first-order valence-corrected chi connectivity index (χ1v) is 7.43. The highest BCUT2D eigenvalue weighted by molar-refractivity contribution is 5.82. The van der Waals surface area contributed by atoms with Crippen molar-refractivity contribution in [2.45, 2.75) is 26.3 Å². The Kier molecular flexibility index (Phi) is 5.33. The summed E-state index contributed by atoms with van der Waals surface area (Å²) in [4.78, 5) is 25.3. The summed E-state index contributed by atoms with van der Waals surface area (Å²) >= 11 is 0. The molecular formula is C16H23N3O2. The summed E-state index contributed by atoms with van der Waals surface area (Å²) in [6.45, 7) is 6.01. The van der Waals surface area contributed by atoms with Crippen molar-refractivity contribution in [3.05, 3.63) is 35.4 Å². The van der Waals surface area contributed by atoms with E-state index in [-0.39, 0.29) is 24.4 Å². The number of amides is 2. The van der Waals surface area contributed by atoms with Crippen molar-refractivity contribution in [2.75, 3.05) is 26.2 Å². The molecule has 0 bridgehead atoms. The van der Waals surface area contributed by atoms with Crippen LogP contribution in [0.25, 0.3) is 0 Å². The molecular weight excluding hydrogens is 266 g/mol. The first-order chi connectivity index (χ1) is 10.1. The molecule has 0 spiro atoms. The molecule has 5 nitrogen and oxygen atoms in total. The van der Waals surface area contributed by atoms with E-state index in [9.17, 15) is 9.59 Å². The first-order valence-electron chi connectivity index (χ1n) is 7.43. The lowest BCUT2D eigenvalue weighted by Crippen LogP contribution is -2.50. The molecule has 0 saturated carbocycles. The van der Waals surface area contributed by atoms with Crippen LogP contribution < -0.4 is 10.6 Å². The van der Waals surface area contributed by atoms with Gasteiger partial charge in [0.15, 0.2) is 0 Å². The summed E-state index contributed by atoms with van der Waals surface area (Å²) in [6, 6.07) is 8.24. The van der Waals surface area contributed by atoms with Gasteiger partial charge in [-0.05, 0) is 18.9 Å². The number of benzene rings is 1. The molecule has 0 radical (unpaired) electrons. The number of carbonyl (C=O) groups is 2. The molecule has 0 unspecified atom stereocenters. The van der Waals surface area contributed by atoms with Crippen molar-refractivity contribution in [3.8, 4) is 0 Å². The zero-order valence-electron chi connectivity index (χ0n) is 12.7. The van der Waals surface area contributed by atoms with Gasteiger partial charge in [0.05, 0.1) is 19.1 Å². The maximum absolute atomic E-state index is 12.1. The zero-order valence-corrected chi connectivity index (χ0v) is 12.7. The Labute approximate surface area is 125 Å². The van der Waals surface area contributed by atoms with Crippen LogP contribution in [0.3, 0.4) is 0 Å². The number of piperazine rings is 1. The lowest BCUT2D eigenvalue weighted by atomic mass is 10.0. The van der Waals surface area contributed by atoms with Gasteiger partial charge >= 0.3 is 0 Å². The molecule has 2 N–H and O–H groups in total. The SMILES string of the molecule is CC[C@@H](NC(=O)CN1CCNC(=O)C1)c1ccc(C)cc1. The molecule has 1 fully saturated rings. The largest absolute Gasteiger partial charge is 0.354 e. The molecule has 1 aromatic carbocycles. The van der Waals surface area contributed by atoms with E-state index < -0.39 is 0 Å². The minimum Gasteiger partial charge on any atom is -0.354 e. The van der Waals surface area contributed by atoms with E-state index in [1.54, 1.807) is 0 Å². The molecule has 2 amide bonds. The van der Waals surface area contributed by atoms with Crippen LogP contribution in [-0.2, 0) is 9.59 Å². The lowest BCUT2D eigenvalue weighted by molar-refractivity contribution is -0.127. The van der Waals surface area contributed by atoms with E-state index >= 15 is 0 Å². The number of carbonyl (C=O) groups excluding carboxylic acids is 2. The average molecular weight is 289 g/mol. The van der Waals surface area contributed by atoms with Gasteiger partial charge in [-0.3, -0.25) is 14.5 Å². The van der Waals surface area contributed by atoms with Gasteiger partial charge in [0.2, 0.25) is 11.8 Å². The quantitative estimate of drug-likeness (QED) is 0.850. The van der Waals surface area contributed by atoms with E-state index in [2.05, 4.69) is 41.8 Å². The highest BCUT2D eigenvalue weighted by atomic mass is 16.2. The van der Waals surface area contributed by atoms with Crippen LogP contribution in [-0.4, -0.2) is 42.9 Å². The molecule has 2 rings (SSSR count). The minimum absolute atomic E-state index is 0.0142. The van der Waals surface area contributed by atoms with Crippen molar-refractivity contribution in [1.29, 1.82) is 0 Å². The lowest BCUT2D eigenvalue weighted by Gasteiger charge is -2.27. The third-order valence-electron chi connectivity index (χ3n) is 3.71. The summed E-state index contributed by atoms with van der Waals surface area (Å²) in [6.07, 6.45) is 0.843. The molecule has 1 aliphatic heterocycles. The highest BCUT2D eigenvalue weighted by Gasteiger charge is 2.20. The highest BCUT2D eigenvalue weighted by Crippen LogP contribution is 2.17. The van der Waals surface area contributed by atoms with Gasteiger partial charge in [-0.15, -0.1) is 0 Å². The van der Waals surface area contributed by atoms with E-state index in [1.165, 1.54) is 5.56 Å². The number of nitrogens with one attached hydrogen (secondary N) is 2. The molecule has 1 aromatic rings. The summed E-state index contributed by atoms with van der Waals surface area (Å²) < 4.78 is 0. The van der Waals surface area contributed by atoms with Gasteiger partial charge < -0.3 is 10.6 Å². The minimum atomic E-state index is -0.0304. The monoisotopic (exact) mass is 289 g/mol. The number of rotatable bonds is 5. The first kappa shape index (κ1) is 15.5. The van der Waals surface area contributed by atoms with Gasteiger partial charge in [0.1, 0.15) is 0 Å². The van der Waals surface area contributed by atoms with Crippen LogP contribution in [0.15, 0.2) is 24.3 Å². The maximum Gasteiger partial charge on any atom is 0.234 e. The van der Waals surface area contributed by atoms with Crippen molar-refractivity contribution < 1.29 is 9.59 Å². The Hall–Kier alpha value is -1.88. The van der Waals surface area contributed by atoms with E-state index in [1.807, 2.05) is 11.8 Å².